The van der Waals surface area contributed by atoms with E-state index in [9.17, 15) is 4.79 Å². The van der Waals surface area contributed by atoms with Crippen molar-refractivity contribution in [1.82, 2.24) is 5.32 Å². The highest BCUT2D eigenvalue weighted by Crippen LogP contribution is 2.21. The van der Waals surface area contributed by atoms with E-state index in [0.717, 1.165) is 15.2 Å². The molecule has 2 aromatic carbocycles. The summed E-state index contributed by atoms with van der Waals surface area (Å²) in [7, 11) is 0. The Labute approximate surface area is 126 Å². The first-order chi connectivity index (χ1) is 9.41. The fourth-order valence-electron chi connectivity index (χ4n) is 1.80. The Balaban J connectivity index is 2.19. The Hall–Kier alpha value is -1.86. The molecule has 4 heteroatoms. The number of carbonyl (C=O) groups excluding carboxylic acids is 1. The van der Waals surface area contributed by atoms with Gasteiger partial charge < -0.3 is 5.32 Å². The molecule has 0 saturated carbocycles. The van der Waals surface area contributed by atoms with Gasteiger partial charge in [0.15, 0.2) is 0 Å². The lowest BCUT2D eigenvalue weighted by molar-refractivity contribution is 0.0944. The molecule has 0 atom stereocenters. The number of hydrogen-bond donors (Lipinski definition) is 1. The van der Waals surface area contributed by atoms with Crippen LogP contribution in [-0.2, 0) is 0 Å². The van der Waals surface area contributed by atoms with Gasteiger partial charge in [-0.1, -0.05) is 28.1 Å². The standard InChI is InChI=1S/C16H15BrN2O/c1-16(2,9-18)10-19-15(20)13-4-3-12-8-14(17)6-5-11(12)7-13/h3-8H,10H2,1-2H3,(H,19,20). The van der Waals surface area contributed by atoms with Gasteiger partial charge in [-0.25, -0.2) is 0 Å². The number of hydrogen-bond acceptors (Lipinski definition) is 2. The molecule has 0 bridgehead atoms. The van der Waals surface area contributed by atoms with Gasteiger partial charge in [0.05, 0.1) is 11.5 Å². The lowest BCUT2D eigenvalue weighted by atomic mass is 9.96. The van der Waals surface area contributed by atoms with Crippen molar-refractivity contribution in [2.24, 2.45) is 5.41 Å². The third-order valence-electron chi connectivity index (χ3n) is 3.06. The SMILES string of the molecule is CC(C)(C#N)CNC(=O)c1ccc2cc(Br)ccc2c1. The fourth-order valence-corrected chi connectivity index (χ4v) is 2.18. The summed E-state index contributed by atoms with van der Waals surface area (Å²) in [5, 5.41) is 13.8. The van der Waals surface area contributed by atoms with E-state index in [1.807, 2.05) is 30.3 Å². The van der Waals surface area contributed by atoms with E-state index in [-0.39, 0.29) is 5.91 Å². The Morgan fingerprint density at radius 2 is 1.90 bits per heavy atom. The Kier molecular flexibility index (Phi) is 4.10. The molecule has 0 radical (unpaired) electrons. The Morgan fingerprint density at radius 1 is 1.25 bits per heavy atom. The third-order valence-corrected chi connectivity index (χ3v) is 3.55. The van der Waals surface area contributed by atoms with E-state index < -0.39 is 5.41 Å². The number of fused-ring (bicyclic) bond motifs is 1. The van der Waals surface area contributed by atoms with Crippen molar-refractivity contribution in [2.45, 2.75) is 13.8 Å². The molecule has 0 aliphatic heterocycles. The van der Waals surface area contributed by atoms with Gasteiger partial charge >= 0.3 is 0 Å². The van der Waals surface area contributed by atoms with E-state index in [1.54, 1.807) is 19.9 Å². The zero-order chi connectivity index (χ0) is 14.8. The van der Waals surface area contributed by atoms with E-state index in [0.29, 0.717) is 12.1 Å². The summed E-state index contributed by atoms with van der Waals surface area (Å²) < 4.78 is 1.01. The number of carbonyl (C=O) groups is 1. The molecule has 0 aromatic heterocycles. The predicted molar refractivity (Wildman–Crippen MR) is 83.4 cm³/mol. The van der Waals surface area contributed by atoms with Crippen LogP contribution in [0.3, 0.4) is 0 Å². The summed E-state index contributed by atoms with van der Waals surface area (Å²) in [5.41, 5.74) is 0.0470. The Morgan fingerprint density at radius 3 is 2.60 bits per heavy atom. The molecule has 0 heterocycles. The van der Waals surface area contributed by atoms with Crippen LogP contribution in [0, 0.1) is 16.7 Å². The van der Waals surface area contributed by atoms with E-state index >= 15 is 0 Å². The number of halogens is 1. The maximum Gasteiger partial charge on any atom is 0.251 e. The van der Waals surface area contributed by atoms with Crippen LogP contribution in [0.5, 0.6) is 0 Å². The van der Waals surface area contributed by atoms with Crippen molar-refractivity contribution in [3.8, 4) is 6.07 Å². The minimum absolute atomic E-state index is 0.154. The minimum Gasteiger partial charge on any atom is -0.350 e. The molecule has 0 saturated heterocycles. The number of nitrogens with one attached hydrogen (secondary N) is 1. The van der Waals surface area contributed by atoms with Crippen LogP contribution in [-0.4, -0.2) is 12.5 Å². The van der Waals surface area contributed by atoms with Crippen LogP contribution >= 0.6 is 15.9 Å². The predicted octanol–water partition coefficient (Wildman–Crippen LogP) is 3.88. The normalized spacial score (nSPS) is 11.1. The molecule has 1 N–H and O–H groups in total. The van der Waals surface area contributed by atoms with Crippen LogP contribution in [0.1, 0.15) is 24.2 Å². The molecule has 0 spiro atoms. The van der Waals surface area contributed by atoms with Crippen molar-refractivity contribution in [3.05, 3.63) is 46.4 Å². The molecule has 102 valence electrons. The minimum atomic E-state index is -0.558. The first-order valence-electron chi connectivity index (χ1n) is 6.30. The average molecular weight is 331 g/mol. The van der Waals surface area contributed by atoms with E-state index in [2.05, 4.69) is 27.3 Å². The lowest BCUT2D eigenvalue weighted by Crippen LogP contribution is -2.33. The van der Waals surface area contributed by atoms with Crippen LogP contribution in [0.4, 0.5) is 0 Å². The van der Waals surface area contributed by atoms with Gasteiger partial charge in [0.25, 0.3) is 5.91 Å². The zero-order valence-electron chi connectivity index (χ0n) is 11.4. The summed E-state index contributed by atoms with van der Waals surface area (Å²) in [5.74, 6) is -0.154. The van der Waals surface area contributed by atoms with Gasteiger partial charge in [-0.3, -0.25) is 4.79 Å². The molecule has 0 fully saturated rings. The topological polar surface area (TPSA) is 52.9 Å². The molecule has 20 heavy (non-hydrogen) atoms. The third kappa shape index (κ3) is 3.37. The molecular formula is C16H15BrN2O. The second-order valence-corrected chi connectivity index (χ2v) is 6.30. The van der Waals surface area contributed by atoms with Gasteiger partial charge in [-0.2, -0.15) is 5.26 Å². The summed E-state index contributed by atoms with van der Waals surface area (Å²) in [6.07, 6.45) is 0. The van der Waals surface area contributed by atoms with Gasteiger partial charge in [0.2, 0.25) is 0 Å². The van der Waals surface area contributed by atoms with Gasteiger partial charge in [0.1, 0.15) is 0 Å². The number of benzene rings is 2. The van der Waals surface area contributed by atoms with Crippen molar-refractivity contribution >= 4 is 32.6 Å². The van der Waals surface area contributed by atoms with Crippen molar-refractivity contribution in [2.75, 3.05) is 6.54 Å². The highest BCUT2D eigenvalue weighted by atomic mass is 79.9. The zero-order valence-corrected chi connectivity index (χ0v) is 13.0. The quantitative estimate of drug-likeness (QED) is 0.928. The van der Waals surface area contributed by atoms with Crippen molar-refractivity contribution < 1.29 is 4.79 Å². The maximum atomic E-state index is 12.1. The summed E-state index contributed by atoms with van der Waals surface area (Å²) in [6.45, 7) is 3.93. The first kappa shape index (κ1) is 14.5. The van der Waals surface area contributed by atoms with Crippen molar-refractivity contribution in [3.63, 3.8) is 0 Å². The second-order valence-electron chi connectivity index (χ2n) is 5.38. The smallest absolute Gasteiger partial charge is 0.251 e. The fraction of sp³-hybridized carbons (Fsp3) is 0.250. The largest absolute Gasteiger partial charge is 0.350 e. The first-order valence-corrected chi connectivity index (χ1v) is 7.09. The van der Waals surface area contributed by atoms with Crippen LogP contribution < -0.4 is 5.32 Å². The lowest BCUT2D eigenvalue weighted by Gasteiger charge is -2.15. The highest BCUT2D eigenvalue weighted by molar-refractivity contribution is 9.10. The van der Waals surface area contributed by atoms with Gasteiger partial charge in [-0.15, -0.1) is 0 Å². The number of rotatable bonds is 3. The molecule has 1 amide bonds. The number of amides is 1. The van der Waals surface area contributed by atoms with Gasteiger partial charge in [-0.05, 0) is 48.9 Å². The summed E-state index contributed by atoms with van der Waals surface area (Å²) in [6, 6.07) is 13.7. The van der Waals surface area contributed by atoms with E-state index in [1.165, 1.54) is 0 Å². The molecule has 0 aliphatic rings. The summed E-state index contributed by atoms with van der Waals surface area (Å²) in [4.78, 5) is 12.1. The molecule has 2 aromatic rings. The average Bonchev–Trinajstić information content (AvgIpc) is 2.44. The van der Waals surface area contributed by atoms with Gasteiger partial charge in [0, 0.05) is 16.6 Å². The number of nitrogens with zero attached hydrogens (tertiary/aromatic N) is 1. The van der Waals surface area contributed by atoms with Crippen LogP contribution in [0.15, 0.2) is 40.9 Å². The number of nitriles is 1. The summed E-state index contributed by atoms with van der Waals surface area (Å²) >= 11 is 3.42. The van der Waals surface area contributed by atoms with Crippen molar-refractivity contribution in [1.29, 1.82) is 5.26 Å². The molecule has 3 nitrogen and oxygen atoms in total. The molecular weight excluding hydrogens is 316 g/mol. The Bertz CT molecular complexity index is 701. The highest BCUT2D eigenvalue weighted by Gasteiger charge is 2.18. The van der Waals surface area contributed by atoms with Crippen LogP contribution in [0.25, 0.3) is 10.8 Å². The van der Waals surface area contributed by atoms with Crippen LogP contribution in [0.2, 0.25) is 0 Å². The maximum absolute atomic E-state index is 12.1. The second kappa shape index (κ2) is 5.64. The monoisotopic (exact) mass is 330 g/mol. The van der Waals surface area contributed by atoms with E-state index in [4.69, 9.17) is 5.26 Å². The molecule has 2 rings (SSSR count). The molecule has 0 unspecified atom stereocenters. The molecule has 0 aliphatic carbocycles.